The highest BCUT2D eigenvalue weighted by Crippen LogP contribution is 2.37. The van der Waals surface area contributed by atoms with Gasteiger partial charge in [-0.15, -0.1) is 0 Å². The molecule has 3 N–H and O–H groups in total. The summed E-state index contributed by atoms with van der Waals surface area (Å²) < 4.78 is 70.1. The van der Waals surface area contributed by atoms with E-state index >= 15 is 0 Å². The summed E-state index contributed by atoms with van der Waals surface area (Å²) in [6, 6.07) is 16.8. The molecule has 12 heteroatoms. The number of alkyl halides is 3. The Morgan fingerprint density at radius 2 is 1.53 bits per heavy atom. The van der Waals surface area contributed by atoms with Gasteiger partial charge in [0, 0.05) is 19.1 Å². The maximum Gasteiger partial charge on any atom is 0.417 e. The molecule has 8 nitrogen and oxygen atoms in total. The van der Waals surface area contributed by atoms with Crippen molar-refractivity contribution in [2.75, 3.05) is 18.4 Å². The Balaban J connectivity index is 1.49. The number of likely N-dealkylation sites (tertiary alicyclic amines) is 1. The fraction of sp³-hybridized carbons (Fsp3) is 0.231. The number of benzene rings is 3. The largest absolute Gasteiger partial charge is 0.465 e. The van der Waals surface area contributed by atoms with Crippen LogP contribution in [0.25, 0.3) is 11.1 Å². The third-order valence-electron chi connectivity index (χ3n) is 6.18. The van der Waals surface area contributed by atoms with E-state index in [0.29, 0.717) is 5.56 Å². The summed E-state index contributed by atoms with van der Waals surface area (Å²) in [5, 5.41) is 11.2. The lowest BCUT2D eigenvalue weighted by Crippen LogP contribution is -2.46. The van der Waals surface area contributed by atoms with E-state index in [2.05, 4.69) is 10.0 Å². The Hall–Kier alpha value is -3.90. The van der Waals surface area contributed by atoms with Gasteiger partial charge in [0.05, 0.1) is 21.7 Å². The van der Waals surface area contributed by atoms with Crippen LogP contribution in [0.1, 0.15) is 28.8 Å². The van der Waals surface area contributed by atoms with Gasteiger partial charge < -0.3 is 10.0 Å². The van der Waals surface area contributed by atoms with Crippen molar-refractivity contribution in [1.29, 1.82) is 0 Å². The van der Waals surface area contributed by atoms with Crippen molar-refractivity contribution in [3.05, 3.63) is 83.9 Å². The van der Waals surface area contributed by atoms with Crippen molar-refractivity contribution < 1.29 is 36.3 Å². The Kier molecular flexibility index (Phi) is 7.74. The summed E-state index contributed by atoms with van der Waals surface area (Å²) in [5.41, 5.74) is -0.247. The lowest BCUT2D eigenvalue weighted by atomic mass is 10.0. The number of amides is 2. The second kappa shape index (κ2) is 10.8. The normalized spacial score (nSPS) is 14.8. The summed E-state index contributed by atoms with van der Waals surface area (Å²) in [5.74, 6) is -0.438. The maximum atomic E-state index is 13.9. The van der Waals surface area contributed by atoms with Crippen LogP contribution in [0.3, 0.4) is 0 Å². The van der Waals surface area contributed by atoms with Crippen molar-refractivity contribution in [3.63, 3.8) is 0 Å². The molecule has 0 atom stereocenters. The number of rotatable bonds is 6. The van der Waals surface area contributed by atoms with Crippen LogP contribution in [0.2, 0.25) is 0 Å². The molecular weight excluding hydrogens is 523 g/mol. The first-order valence-corrected chi connectivity index (χ1v) is 13.1. The molecule has 2 amide bonds. The predicted molar refractivity (Wildman–Crippen MR) is 134 cm³/mol. The average Bonchev–Trinajstić information content (AvgIpc) is 2.88. The molecule has 0 aliphatic carbocycles. The molecule has 1 heterocycles. The van der Waals surface area contributed by atoms with Crippen LogP contribution >= 0.6 is 0 Å². The minimum atomic E-state index is -4.90. The first kappa shape index (κ1) is 27.1. The van der Waals surface area contributed by atoms with Crippen LogP contribution in [-0.4, -0.2) is 49.6 Å². The molecule has 0 saturated carbocycles. The van der Waals surface area contributed by atoms with E-state index in [1.54, 1.807) is 42.5 Å². The first-order valence-electron chi connectivity index (χ1n) is 11.6. The minimum Gasteiger partial charge on any atom is -0.465 e. The summed E-state index contributed by atoms with van der Waals surface area (Å²) >= 11 is 0. The number of carbonyl (C=O) groups excluding carboxylic acids is 1. The van der Waals surface area contributed by atoms with E-state index in [4.69, 9.17) is 5.11 Å². The van der Waals surface area contributed by atoms with E-state index in [1.165, 1.54) is 23.1 Å². The van der Waals surface area contributed by atoms with Gasteiger partial charge in [0.25, 0.3) is 5.91 Å². The predicted octanol–water partition coefficient (Wildman–Crippen LogP) is 5.05. The highest BCUT2D eigenvalue weighted by atomic mass is 32.2. The lowest BCUT2D eigenvalue weighted by molar-refractivity contribution is -0.139. The molecular formula is C26H24F3N3O5S. The topological polar surface area (TPSA) is 116 Å². The van der Waals surface area contributed by atoms with Crippen molar-refractivity contribution in [3.8, 4) is 11.1 Å². The van der Waals surface area contributed by atoms with Gasteiger partial charge in [-0.1, -0.05) is 48.5 Å². The number of para-hydroxylation sites is 1. The standard InChI is InChI=1S/C26H24F3N3O5S/c27-26(28,29)21-16-18(17-6-2-1-3-7-17)10-11-23(21)38(36,37)31-19-12-14-32(15-13-19)24(33)20-8-4-5-9-22(20)30-25(34)35/h1-11,16,19,30-31H,12-15H2,(H,34,35). The number of halogens is 3. The van der Waals surface area contributed by atoms with Gasteiger partial charge in [0.15, 0.2) is 0 Å². The number of sulfonamides is 1. The Bertz CT molecular complexity index is 1440. The summed E-state index contributed by atoms with van der Waals surface area (Å²) in [7, 11) is -4.53. The van der Waals surface area contributed by atoms with Gasteiger partial charge in [-0.3, -0.25) is 10.1 Å². The van der Waals surface area contributed by atoms with Crippen LogP contribution < -0.4 is 10.0 Å². The van der Waals surface area contributed by atoms with Gasteiger partial charge >= 0.3 is 12.3 Å². The monoisotopic (exact) mass is 547 g/mol. The molecule has 1 aliphatic heterocycles. The Labute approximate surface area is 217 Å². The summed E-state index contributed by atoms with van der Waals surface area (Å²) in [6.07, 6.45) is -5.89. The SMILES string of the molecule is O=C(O)Nc1ccccc1C(=O)N1CCC(NS(=O)(=O)c2ccc(-c3ccccc3)cc2C(F)(F)F)CC1. The molecule has 3 aromatic carbocycles. The van der Waals surface area contributed by atoms with E-state index in [-0.39, 0.29) is 42.7 Å². The fourth-order valence-corrected chi connectivity index (χ4v) is 5.86. The zero-order chi connectivity index (χ0) is 27.5. The highest BCUT2D eigenvalue weighted by Gasteiger charge is 2.38. The van der Waals surface area contributed by atoms with Crippen molar-refractivity contribution in [1.82, 2.24) is 9.62 Å². The molecule has 1 fully saturated rings. The smallest absolute Gasteiger partial charge is 0.417 e. The molecule has 38 heavy (non-hydrogen) atoms. The number of nitrogens with zero attached hydrogens (tertiary/aromatic N) is 1. The summed E-state index contributed by atoms with van der Waals surface area (Å²) in [4.78, 5) is 24.5. The third kappa shape index (κ3) is 6.14. The van der Waals surface area contributed by atoms with Gasteiger partial charge in [-0.2, -0.15) is 13.2 Å². The number of anilines is 1. The number of carboxylic acid groups (broad SMARTS) is 1. The van der Waals surface area contributed by atoms with Crippen LogP contribution in [0, 0.1) is 0 Å². The van der Waals surface area contributed by atoms with Crippen molar-refractivity contribution in [2.45, 2.75) is 30.0 Å². The van der Waals surface area contributed by atoms with Gasteiger partial charge in [-0.05, 0) is 48.2 Å². The molecule has 1 saturated heterocycles. The number of nitrogens with one attached hydrogen (secondary N) is 2. The molecule has 0 unspecified atom stereocenters. The van der Waals surface area contributed by atoms with Crippen molar-refractivity contribution >= 4 is 27.7 Å². The number of hydrogen-bond donors (Lipinski definition) is 3. The lowest BCUT2D eigenvalue weighted by Gasteiger charge is -2.32. The van der Waals surface area contributed by atoms with E-state index < -0.39 is 44.7 Å². The molecule has 3 aromatic rings. The van der Waals surface area contributed by atoms with Gasteiger partial charge in [0.2, 0.25) is 10.0 Å². The molecule has 0 radical (unpaired) electrons. The molecule has 200 valence electrons. The van der Waals surface area contributed by atoms with Crippen LogP contribution in [0.5, 0.6) is 0 Å². The van der Waals surface area contributed by atoms with Gasteiger partial charge in [-0.25, -0.2) is 17.9 Å². The molecule has 0 bridgehead atoms. The summed E-state index contributed by atoms with van der Waals surface area (Å²) in [6.45, 7) is 0.263. The zero-order valence-corrected chi connectivity index (χ0v) is 20.7. The Morgan fingerprint density at radius 3 is 2.16 bits per heavy atom. The van der Waals surface area contributed by atoms with Crippen molar-refractivity contribution in [2.24, 2.45) is 0 Å². The van der Waals surface area contributed by atoms with Gasteiger partial charge in [0.1, 0.15) is 0 Å². The van der Waals surface area contributed by atoms with Crippen LogP contribution in [0.15, 0.2) is 77.7 Å². The molecule has 0 spiro atoms. The number of carbonyl (C=O) groups is 2. The number of hydrogen-bond acceptors (Lipinski definition) is 4. The highest BCUT2D eigenvalue weighted by molar-refractivity contribution is 7.89. The first-order chi connectivity index (χ1) is 18.0. The average molecular weight is 548 g/mol. The quantitative estimate of drug-likeness (QED) is 0.400. The Morgan fingerprint density at radius 1 is 0.895 bits per heavy atom. The zero-order valence-electron chi connectivity index (χ0n) is 19.9. The number of piperidine rings is 1. The molecule has 1 aliphatic rings. The molecule has 0 aromatic heterocycles. The second-order valence-electron chi connectivity index (χ2n) is 8.74. The van der Waals surface area contributed by atoms with Crippen LogP contribution in [0.4, 0.5) is 23.7 Å². The fourth-order valence-electron chi connectivity index (χ4n) is 4.34. The minimum absolute atomic E-state index is 0.117. The third-order valence-corrected chi connectivity index (χ3v) is 7.76. The second-order valence-corrected chi connectivity index (χ2v) is 10.4. The van der Waals surface area contributed by atoms with E-state index in [0.717, 1.165) is 12.1 Å². The van der Waals surface area contributed by atoms with E-state index in [1.807, 2.05) is 0 Å². The molecule has 4 rings (SSSR count). The van der Waals surface area contributed by atoms with E-state index in [9.17, 15) is 31.2 Å². The maximum absolute atomic E-state index is 13.9. The van der Waals surface area contributed by atoms with Crippen LogP contribution in [-0.2, 0) is 16.2 Å².